The third kappa shape index (κ3) is 5.60. The van der Waals surface area contributed by atoms with E-state index in [1.54, 1.807) is 13.2 Å². The first-order valence-electron chi connectivity index (χ1n) is 7.68. The second-order valence-corrected chi connectivity index (χ2v) is 5.78. The Labute approximate surface area is 153 Å². The number of carbonyl (C=O) groups is 1. The largest absolute Gasteiger partial charge is 0.418 e. The summed E-state index contributed by atoms with van der Waals surface area (Å²) < 4.78 is 44.2. The van der Waals surface area contributed by atoms with Gasteiger partial charge in [-0.2, -0.15) is 13.2 Å². The highest BCUT2D eigenvalue weighted by Gasteiger charge is 2.34. The Hall–Kier alpha value is -2.32. The van der Waals surface area contributed by atoms with Gasteiger partial charge in [0.15, 0.2) is 0 Å². The minimum Gasteiger partial charge on any atom is -0.385 e. The third-order valence-corrected chi connectivity index (χ3v) is 3.62. The Morgan fingerprint density at radius 3 is 2.73 bits per heavy atom. The Bertz CT molecular complexity index is 769. The van der Waals surface area contributed by atoms with Gasteiger partial charge in [0.1, 0.15) is 5.69 Å². The highest BCUT2D eigenvalue weighted by Crippen LogP contribution is 2.36. The van der Waals surface area contributed by atoms with E-state index in [1.165, 1.54) is 18.3 Å². The zero-order chi connectivity index (χ0) is 19.2. The van der Waals surface area contributed by atoms with Gasteiger partial charge in [0.05, 0.1) is 11.3 Å². The molecule has 0 fully saturated rings. The minimum absolute atomic E-state index is 0.00943. The molecule has 0 aliphatic carbocycles. The molecule has 5 nitrogen and oxygen atoms in total. The molecule has 0 bridgehead atoms. The SMILES string of the molecule is COCCCNc1ccnc(C(=O)Nc2ccc(Cl)cc2C(F)(F)F)c1. The van der Waals surface area contributed by atoms with Crippen LogP contribution in [0.3, 0.4) is 0 Å². The molecule has 140 valence electrons. The van der Waals surface area contributed by atoms with E-state index in [2.05, 4.69) is 15.6 Å². The van der Waals surface area contributed by atoms with E-state index in [4.69, 9.17) is 16.3 Å². The molecule has 0 saturated carbocycles. The normalized spacial score (nSPS) is 11.3. The average Bonchev–Trinajstić information content (AvgIpc) is 2.59. The first kappa shape index (κ1) is 20.0. The van der Waals surface area contributed by atoms with Crippen LogP contribution in [-0.2, 0) is 10.9 Å². The first-order chi connectivity index (χ1) is 12.3. The smallest absolute Gasteiger partial charge is 0.385 e. The molecule has 0 spiro atoms. The number of hydrogen-bond acceptors (Lipinski definition) is 4. The number of amides is 1. The average molecular weight is 388 g/mol. The van der Waals surface area contributed by atoms with Crippen LogP contribution in [0.25, 0.3) is 0 Å². The molecule has 1 amide bonds. The molecule has 26 heavy (non-hydrogen) atoms. The van der Waals surface area contributed by atoms with Crippen molar-refractivity contribution < 1.29 is 22.7 Å². The summed E-state index contributed by atoms with van der Waals surface area (Å²) in [5.74, 6) is -0.752. The van der Waals surface area contributed by atoms with E-state index in [1.807, 2.05) is 0 Å². The molecule has 0 aliphatic heterocycles. The number of methoxy groups -OCH3 is 1. The summed E-state index contributed by atoms with van der Waals surface area (Å²) in [5, 5.41) is 5.25. The maximum Gasteiger partial charge on any atom is 0.418 e. The van der Waals surface area contributed by atoms with Gasteiger partial charge in [0.2, 0.25) is 0 Å². The van der Waals surface area contributed by atoms with Crippen molar-refractivity contribution in [1.82, 2.24) is 4.98 Å². The first-order valence-corrected chi connectivity index (χ1v) is 8.06. The number of hydrogen-bond donors (Lipinski definition) is 2. The summed E-state index contributed by atoms with van der Waals surface area (Å²) in [5.41, 5.74) is -0.780. The Morgan fingerprint density at radius 1 is 1.27 bits per heavy atom. The van der Waals surface area contributed by atoms with Gasteiger partial charge < -0.3 is 15.4 Å². The molecule has 2 N–H and O–H groups in total. The van der Waals surface area contributed by atoms with Crippen molar-refractivity contribution in [3.63, 3.8) is 0 Å². The van der Waals surface area contributed by atoms with E-state index in [0.29, 0.717) is 18.8 Å². The van der Waals surface area contributed by atoms with Crippen molar-refractivity contribution in [2.45, 2.75) is 12.6 Å². The molecule has 0 saturated heterocycles. The molecule has 1 aromatic carbocycles. The van der Waals surface area contributed by atoms with E-state index < -0.39 is 17.6 Å². The number of nitrogens with one attached hydrogen (secondary N) is 2. The van der Waals surface area contributed by atoms with E-state index in [9.17, 15) is 18.0 Å². The molecule has 9 heteroatoms. The minimum atomic E-state index is -4.65. The number of anilines is 2. The summed E-state index contributed by atoms with van der Waals surface area (Å²) in [4.78, 5) is 16.2. The summed E-state index contributed by atoms with van der Waals surface area (Å²) in [6.45, 7) is 1.20. The zero-order valence-corrected chi connectivity index (χ0v) is 14.6. The topological polar surface area (TPSA) is 63.2 Å². The molecular formula is C17H17ClF3N3O2. The van der Waals surface area contributed by atoms with E-state index in [-0.39, 0.29) is 16.4 Å². The van der Waals surface area contributed by atoms with Crippen molar-refractivity contribution in [3.05, 3.63) is 52.8 Å². The van der Waals surface area contributed by atoms with Crippen molar-refractivity contribution >= 4 is 28.9 Å². The van der Waals surface area contributed by atoms with Gasteiger partial charge in [-0.25, -0.2) is 0 Å². The number of benzene rings is 1. The van der Waals surface area contributed by atoms with Crippen molar-refractivity contribution in [1.29, 1.82) is 0 Å². The molecule has 1 heterocycles. The monoisotopic (exact) mass is 387 g/mol. The van der Waals surface area contributed by atoms with Crippen LogP contribution in [0.5, 0.6) is 0 Å². The van der Waals surface area contributed by atoms with E-state index >= 15 is 0 Å². The van der Waals surface area contributed by atoms with Crippen LogP contribution in [0.2, 0.25) is 5.02 Å². The molecule has 0 radical (unpaired) electrons. The Morgan fingerprint density at radius 2 is 2.04 bits per heavy atom. The third-order valence-electron chi connectivity index (χ3n) is 3.38. The van der Waals surface area contributed by atoms with Crippen molar-refractivity contribution in [2.24, 2.45) is 0 Å². The van der Waals surface area contributed by atoms with Crippen LogP contribution < -0.4 is 10.6 Å². The number of aromatic nitrogens is 1. The van der Waals surface area contributed by atoms with Gasteiger partial charge in [-0.1, -0.05) is 11.6 Å². The lowest BCUT2D eigenvalue weighted by Gasteiger charge is -2.14. The molecule has 0 aliphatic rings. The molecule has 2 rings (SSSR count). The maximum atomic E-state index is 13.1. The highest BCUT2D eigenvalue weighted by molar-refractivity contribution is 6.30. The molecule has 2 aromatic rings. The predicted molar refractivity (Wildman–Crippen MR) is 93.6 cm³/mol. The summed E-state index contributed by atoms with van der Waals surface area (Å²) in [7, 11) is 1.60. The van der Waals surface area contributed by atoms with Crippen LogP contribution in [0.15, 0.2) is 36.5 Å². The van der Waals surface area contributed by atoms with Crippen LogP contribution in [0, 0.1) is 0 Å². The lowest BCUT2D eigenvalue weighted by molar-refractivity contribution is -0.136. The van der Waals surface area contributed by atoms with Gasteiger partial charge in [-0.05, 0) is 36.8 Å². The van der Waals surface area contributed by atoms with Gasteiger partial charge in [-0.3, -0.25) is 9.78 Å². The van der Waals surface area contributed by atoms with Gasteiger partial charge in [-0.15, -0.1) is 0 Å². The fourth-order valence-corrected chi connectivity index (χ4v) is 2.33. The fourth-order valence-electron chi connectivity index (χ4n) is 2.16. The number of halogens is 4. The zero-order valence-electron chi connectivity index (χ0n) is 13.9. The van der Waals surface area contributed by atoms with Crippen LogP contribution in [-0.4, -0.2) is 31.2 Å². The number of rotatable bonds is 7. The lowest BCUT2D eigenvalue weighted by atomic mass is 10.1. The number of ether oxygens (including phenoxy) is 1. The second-order valence-electron chi connectivity index (χ2n) is 5.34. The maximum absolute atomic E-state index is 13.1. The van der Waals surface area contributed by atoms with Crippen LogP contribution in [0.4, 0.5) is 24.5 Å². The molecule has 1 aromatic heterocycles. The molecular weight excluding hydrogens is 371 g/mol. The van der Waals surface area contributed by atoms with Crippen LogP contribution >= 0.6 is 11.6 Å². The summed E-state index contributed by atoms with van der Waals surface area (Å²) in [6, 6.07) is 6.26. The molecule has 0 atom stereocenters. The summed E-state index contributed by atoms with van der Waals surface area (Å²) in [6.07, 6.45) is -2.48. The van der Waals surface area contributed by atoms with Crippen LogP contribution in [0.1, 0.15) is 22.5 Å². The van der Waals surface area contributed by atoms with Gasteiger partial charge >= 0.3 is 6.18 Å². The number of carbonyl (C=O) groups excluding carboxylic acids is 1. The van der Waals surface area contributed by atoms with Gasteiger partial charge in [0.25, 0.3) is 5.91 Å². The quantitative estimate of drug-likeness (QED) is 0.689. The molecule has 0 unspecified atom stereocenters. The highest BCUT2D eigenvalue weighted by atomic mass is 35.5. The Balaban J connectivity index is 2.13. The number of nitrogens with zero attached hydrogens (tertiary/aromatic N) is 1. The standard InChI is InChI=1S/C17H17ClF3N3O2/c1-26-8-2-6-22-12-5-7-23-15(10-12)16(25)24-14-4-3-11(18)9-13(14)17(19,20)21/h3-5,7,9-10H,2,6,8H2,1H3,(H,22,23)(H,24,25). The summed E-state index contributed by atoms with van der Waals surface area (Å²) >= 11 is 5.63. The van der Waals surface area contributed by atoms with Crippen molar-refractivity contribution in [2.75, 3.05) is 30.9 Å². The predicted octanol–water partition coefficient (Wildman–Crippen LogP) is 4.45. The lowest BCUT2D eigenvalue weighted by Crippen LogP contribution is -2.18. The van der Waals surface area contributed by atoms with E-state index in [0.717, 1.165) is 18.6 Å². The Kier molecular flexibility index (Phi) is 6.82. The van der Waals surface area contributed by atoms with Crippen molar-refractivity contribution in [3.8, 4) is 0 Å². The second kappa shape index (κ2) is 8.86. The number of pyridine rings is 1. The number of alkyl halides is 3. The van der Waals surface area contributed by atoms with Gasteiger partial charge in [0, 0.05) is 37.2 Å². The fraction of sp³-hybridized carbons (Fsp3) is 0.294.